The topological polar surface area (TPSA) is 23.5 Å². The van der Waals surface area contributed by atoms with E-state index >= 15 is 0 Å². The van der Waals surface area contributed by atoms with Crippen LogP contribution in [0.1, 0.15) is 47.5 Å². The minimum Gasteiger partial charge on any atom is -0.313 e. The lowest BCUT2D eigenvalue weighted by molar-refractivity contribution is -0.159. The average Bonchev–Trinajstić information content (AvgIpc) is 2.21. The molecule has 1 aliphatic heterocycles. The molecule has 0 aromatic heterocycles. The first-order chi connectivity index (χ1) is 5.04. The van der Waals surface area contributed by atoms with Crippen LogP contribution in [0, 0.1) is 0 Å². The summed E-state index contributed by atoms with van der Waals surface area (Å²) in [5.74, 6) is 0. The van der Waals surface area contributed by atoms with E-state index in [0.29, 0.717) is 6.04 Å². The van der Waals surface area contributed by atoms with Crippen molar-refractivity contribution in [1.29, 1.82) is 0 Å². The van der Waals surface area contributed by atoms with Gasteiger partial charge in [-0.25, -0.2) is 0 Å². The number of hydroxylamine groups is 2. The lowest BCUT2D eigenvalue weighted by atomic mass is 10.0. The standard InChI is InChI=1S/C7H15NO.C2H6/c1-6-4-5-7(2,3)8(6)9;1-2/h6,9H,4-5H2,1-3H3;1-2H3. The molecule has 0 radical (unpaired) electrons. The van der Waals surface area contributed by atoms with Crippen molar-refractivity contribution in [3.05, 3.63) is 0 Å². The van der Waals surface area contributed by atoms with Crippen LogP contribution in [0.25, 0.3) is 0 Å². The Labute approximate surface area is 70.2 Å². The van der Waals surface area contributed by atoms with Gasteiger partial charge in [-0.3, -0.25) is 0 Å². The fraction of sp³-hybridized carbons (Fsp3) is 1.00. The van der Waals surface area contributed by atoms with Gasteiger partial charge in [0.25, 0.3) is 0 Å². The monoisotopic (exact) mass is 159 g/mol. The Morgan fingerprint density at radius 1 is 1.36 bits per heavy atom. The van der Waals surface area contributed by atoms with Crippen LogP contribution in [0.5, 0.6) is 0 Å². The van der Waals surface area contributed by atoms with E-state index in [1.54, 1.807) is 0 Å². The van der Waals surface area contributed by atoms with Crippen molar-refractivity contribution in [2.24, 2.45) is 0 Å². The number of nitrogens with zero attached hydrogens (tertiary/aromatic N) is 1. The van der Waals surface area contributed by atoms with Gasteiger partial charge in [-0.05, 0) is 33.6 Å². The van der Waals surface area contributed by atoms with E-state index in [2.05, 4.69) is 20.8 Å². The molecule has 1 saturated heterocycles. The summed E-state index contributed by atoms with van der Waals surface area (Å²) in [5, 5.41) is 10.8. The molecule has 0 aromatic rings. The molecule has 1 heterocycles. The molecule has 11 heavy (non-hydrogen) atoms. The highest BCUT2D eigenvalue weighted by Crippen LogP contribution is 2.30. The summed E-state index contributed by atoms with van der Waals surface area (Å²) in [6.07, 6.45) is 2.22. The van der Waals surface area contributed by atoms with Crippen LogP contribution in [0.4, 0.5) is 0 Å². The highest BCUT2D eigenvalue weighted by atomic mass is 16.5. The molecule has 1 rings (SSSR count). The van der Waals surface area contributed by atoms with Crippen LogP contribution in [0.3, 0.4) is 0 Å². The van der Waals surface area contributed by atoms with Crippen LogP contribution in [0.2, 0.25) is 0 Å². The Kier molecular flexibility index (Phi) is 4.04. The minimum atomic E-state index is 0.0133. The smallest absolute Gasteiger partial charge is 0.0408 e. The third-order valence-corrected chi connectivity index (χ3v) is 2.21. The average molecular weight is 159 g/mol. The molecule has 1 unspecified atom stereocenters. The summed E-state index contributed by atoms with van der Waals surface area (Å²) < 4.78 is 0. The first-order valence-corrected chi connectivity index (χ1v) is 4.52. The number of rotatable bonds is 0. The third kappa shape index (κ3) is 2.46. The van der Waals surface area contributed by atoms with E-state index in [4.69, 9.17) is 0 Å². The zero-order chi connectivity index (χ0) is 9.07. The van der Waals surface area contributed by atoms with Gasteiger partial charge in [-0.15, -0.1) is 0 Å². The highest BCUT2D eigenvalue weighted by molar-refractivity contribution is 4.87. The van der Waals surface area contributed by atoms with Crippen LogP contribution in [0.15, 0.2) is 0 Å². The molecule has 68 valence electrons. The molecule has 2 heteroatoms. The van der Waals surface area contributed by atoms with Crippen LogP contribution >= 0.6 is 0 Å². The molecule has 0 saturated carbocycles. The van der Waals surface area contributed by atoms with Gasteiger partial charge in [-0.1, -0.05) is 13.8 Å². The third-order valence-electron chi connectivity index (χ3n) is 2.21. The van der Waals surface area contributed by atoms with Gasteiger partial charge < -0.3 is 5.21 Å². The predicted molar refractivity (Wildman–Crippen MR) is 47.7 cm³/mol. The molecule has 0 aromatic carbocycles. The van der Waals surface area contributed by atoms with Crippen molar-refractivity contribution in [3.8, 4) is 0 Å². The predicted octanol–water partition coefficient (Wildman–Crippen LogP) is 2.66. The lowest BCUT2D eigenvalue weighted by Gasteiger charge is -2.27. The molecule has 1 N–H and O–H groups in total. The van der Waals surface area contributed by atoms with E-state index in [0.717, 1.165) is 12.8 Å². The fourth-order valence-electron chi connectivity index (χ4n) is 1.40. The van der Waals surface area contributed by atoms with Crippen LogP contribution in [-0.4, -0.2) is 21.9 Å². The molecule has 1 fully saturated rings. The van der Waals surface area contributed by atoms with Crippen LogP contribution < -0.4 is 0 Å². The zero-order valence-corrected chi connectivity index (χ0v) is 8.39. The van der Waals surface area contributed by atoms with Crippen molar-refractivity contribution < 1.29 is 5.21 Å². The van der Waals surface area contributed by atoms with Crippen molar-refractivity contribution in [2.75, 3.05) is 0 Å². The number of hydrogen-bond acceptors (Lipinski definition) is 2. The number of hydrogen-bond donors (Lipinski definition) is 1. The molecule has 0 aliphatic carbocycles. The molecule has 1 aliphatic rings. The summed E-state index contributed by atoms with van der Waals surface area (Å²) >= 11 is 0. The molecule has 2 nitrogen and oxygen atoms in total. The van der Waals surface area contributed by atoms with Gasteiger partial charge in [0.2, 0.25) is 0 Å². The molecule has 0 amide bonds. The summed E-state index contributed by atoms with van der Waals surface area (Å²) in [4.78, 5) is 0. The second kappa shape index (κ2) is 4.07. The Hall–Kier alpha value is -0.0800. The van der Waals surface area contributed by atoms with Gasteiger partial charge in [0.15, 0.2) is 0 Å². The Balaban J connectivity index is 0.000000461. The zero-order valence-electron chi connectivity index (χ0n) is 8.39. The van der Waals surface area contributed by atoms with E-state index in [9.17, 15) is 5.21 Å². The summed E-state index contributed by atoms with van der Waals surface area (Å²) in [6, 6.07) is 0.347. The maximum absolute atomic E-state index is 9.36. The van der Waals surface area contributed by atoms with Crippen molar-refractivity contribution >= 4 is 0 Å². The van der Waals surface area contributed by atoms with Crippen molar-refractivity contribution in [1.82, 2.24) is 5.06 Å². The summed E-state index contributed by atoms with van der Waals surface area (Å²) in [7, 11) is 0. The van der Waals surface area contributed by atoms with Gasteiger partial charge in [0.1, 0.15) is 0 Å². The van der Waals surface area contributed by atoms with Crippen molar-refractivity contribution in [2.45, 2.75) is 59.0 Å². The van der Waals surface area contributed by atoms with Crippen LogP contribution in [-0.2, 0) is 0 Å². The maximum atomic E-state index is 9.36. The summed E-state index contributed by atoms with van der Waals surface area (Å²) in [6.45, 7) is 10.2. The van der Waals surface area contributed by atoms with Gasteiger partial charge >= 0.3 is 0 Å². The maximum Gasteiger partial charge on any atom is 0.0408 e. The Morgan fingerprint density at radius 2 is 1.82 bits per heavy atom. The first-order valence-electron chi connectivity index (χ1n) is 4.52. The van der Waals surface area contributed by atoms with Gasteiger partial charge in [0, 0.05) is 11.6 Å². The SMILES string of the molecule is CC.CC1CCC(C)(C)N1O. The minimum absolute atomic E-state index is 0.0133. The van der Waals surface area contributed by atoms with E-state index in [1.807, 2.05) is 13.8 Å². The highest BCUT2D eigenvalue weighted by Gasteiger charge is 2.35. The van der Waals surface area contributed by atoms with Gasteiger partial charge in [-0.2, -0.15) is 5.06 Å². The molecular formula is C9H21NO. The second-order valence-electron chi connectivity index (χ2n) is 3.54. The van der Waals surface area contributed by atoms with E-state index < -0.39 is 0 Å². The van der Waals surface area contributed by atoms with Crippen molar-refractivity contribution in [3.63, 3.8) is 0 Å². The van der Waals surface area contributed by atoms with E-state index in [1.165, 1.54) is 5.06 Å². The van der Waals surface area contributed by atoms with E-state index in [-0.39, 0.29) is 5.54 Å². The van der Waals surface area contributed by atoms with Gasteiger partial charge in [0.05, 0.1) is 0 Å². The molecule has 0 bridgehead atoms. The summed E-state index contributed by atoms with van der Waals surface area (Å²) in [5.41, 5.74) is 0.0133. The molecule has 1 atom stereocenters. The largest absolute Gasteiger partial charge is 0.313 e. The molecular weight excluding hydrogens is 138 g/mol. The first kappa shape index (κ1) is 10.9. The lowest BCUT2D eigenvalue weighted by Crippen LogP contribution is -2.38. The second-order valence-corrected chi connectivity index (χ2v) is 3.54. The normalized spacial score (nSPS) is 29.5. The Morgan fingerprint density at radius 3 is 1.91 bits per heavy atom. The fourth-order valence-corrected chi connectivity index (χ4v) is 1.40. The Bertz CT molecular complexity index is 112. The quantitative estimate of drug-likeness (QED) is 0.587. The molecule has 0 spiro atoms.